The SMILES string of the molecule is O=C(Cc1ccc2c(c1)OCCCO2)N1C[C@@H]2C[C@H](C1)C1CCCC(=O)N1C2. The van der Waals surface area contributed by atoms with E-state index in [1.165, 1.54) is 0 Å². The van der Waals surface area contributed by atoms with Crippen LogP contribution in [0.1, 0.15) is 37.7 Å². The Labute approximate surface area is 165 Å². The molecule has 0 radical (unpaired) electrons. The predicted octanol–water partition coefficient (Wildman–Crippen LogP) is 2.25. The summed E-state index contributed by atoms with van der Waals surface area (Å²) in [7, 11) is 0. The van der Waals surface area contributed by atoms with Crippen molar-refractivity contribution in [2.75, 3.05) is 32.8 Å². The third kappa shape index (κ3) is 3.33. The number of hydrogen-bond donors (Lipinski definition) is 0. The zero-order valence-corrected chi connectivity index (χ0v) is 16.3. The van der Waals surface area contributed by atoms with Gasteiger partial charge in [0, 0.05) is 38.5 Å². The van der Waals surface area contributed by atoms with Crippen LogP contribution in [-0.2, 0) is 16.0 Å². The second-order valence-corrected chi connectivity index (χ2v) is 8.67. The Morgan fingerprint density at radius 1 is 1.07 bits per heavy atom. The van der Waals surface area contributed by atoms with Crippen LogP contribution >= 0.6 is 0 Å². The van der Waals surface area contributed by atoms with Crippen molar-refractivity contribution < 1.29 is 19.1 Å². The van der Waals surface area contributed by atoms with E-state index in [1.807, 2.05) is 23.1 Å². The Morgan fingerprint density at radius 3 is 2.82 bits per heavy atom. The minimum atomic E-state index is 0.180. The maximum atomic E-state index is 13.0. The number of ether oxygens (including phenoxy) is 2. The quantitative estimate of drug-likeness (QED) is 0.785. The Morgan fingerprint density at radius 2 is 1.93 bits per heavy atom. The van der Waals surface area contributed by atoms with Crippen LogP contribution in [0.3, 0.4) is 0 Å². The first-order valence-corrected chi connectivity index (χ1v) is 10.6. The normalized spacial score (nSPS) is 29.1. The fourth-order valence-corrected chi connectivity index (χ4v) is 5.42. The molecule has 4 aliphatic rings. The second kappa shape index (κ2) is 7.30. The molecule has 5 rings (SSSR count). The Bertz CT molecular complexity index is 780. The Hall–Kier alpha value is -2.24. The summed E-state index contributed by atoms with van der Waals surface area (Å²) >= 11 is 0. The molecule has 3 fully saturated rings. The summed E-state index contributed by atoms with van der Waals surface area (Å²) in [6, 6.07) is 6.17. The van der Waals surface area contributed by atoms with E-state index in [1.54, 1.807) is 0 Å². The van der Waals surface area contributed by atoms with E-state index in [0.29, 0.717) is 49.8 Å². The number of amides is 2. The number of carbonyl (C=O) groups excluding carboxylic acids is 2. The lowest BCUT2D eigenvalue weighted by atomic mass is 9.76. The van der Waals surface area contributed by atoms with Crippen molar-refractivity contribution in [3.8, 4) is 11.5 Å². The summed E-state index contributed by atoms with van der Waals surface area (Å²) in [6.45, 7) is 3.71. The molecule has 0 aromatic heterocycles. The smallest absolute Gasteiger partial charge is 0.227 e. The van der Waals surface area contributed by atoms with E-state index in [4.69, 9.17) is 9.47 Å². The highest BCUT2D eigenvalue weighted by Gasteiger charge is 2.44. The number of rotatable bonds is 2. The van der Waals surface area contributed by atoms with Crippen LogP contribution in [0.2, 0.25) is 0 Å². The molecule has 0 N–H and O–H groups in total. The number of piperidine rings is 3. The van der Waals surface area contributed by atoms with Gasteiger partial charge in [0.2, 0.25) is 11.8 Å². The highest BCUT2D eigenvalue weighted by atomic mass is 16.5. The molecule has 2 amide bonds. The molecule has 4 aliphatic heterocycles. The molecule has 1 unspecified atom stereocenters. The van der Waals surface area contributed by atoms with Gasteiger partial charge in [0.1, 0.15) is 0 Å². The van der Waals surface area contributed by atoms with Crippen molar-refractivity contribution >= 4 is 11.8 Å². The standard InChI is InChI=1S/C22H28N2O4/c25-21-4-1-3-18-17-9-16(13-24(18)21)12-23(14-17)22(26)11-15-5-6-19-20(10-15)28-8-2-7-27-19/h5-6,10,16-18H,1-4,7-9,11-14H2/t16-,17+,18?/m0/s1. The molecule has 4 heterocycles. The number of fused-ring (bicyclic) bond motifs is 5. The molecule has 0 saturated carbocycles. The van der Waals surface area contributed by atoms with Gasteiger partial charge in [-0.1, -0.05) is 6.07 Å². The third-order valence-electron chi connectivity index (χ3n) is 6.70. The van der Waals surface area contributed by atoms with Crippen LogP contribution in [0.25, 0.3) is 0 Å². The largest absolute Gasteiger partial charge is 0.490 e. The van der Waals surface area contributed by atoms with Crippen molar-refractivity contribution in [1.82, 2.24) is 9.80 Å². The van der Waals surface area contributed by atoms with Crippen LogP contribution < -0.4 is 9.47 Å². The van der Waals surface area contributed by atoms with Gasteiger partial charge in [-0.3, -0.25) is 9.59 Å². The lowest BCUT2D eigenvalue weighted by Crippen LogP contribution is -2.61. The number of likely N-dealkylation sites (tertiary alicyclic amines) is 1. The van der Waals surface area contributed by atoms with E-state index in [0.717, 1.165) is 62.4 Å². The summed E-state index contributed by atoms with van der Waals surface area (Å²) in [4.78, 5) is 29.5. The van der Waals surface area contributed by atoms with Gasteiger partial charge >= 0.3 is 0 Å². The first kappa shape index (κ1) is 17.8. The minimum absolute atomic E-state index is 0.180. The second-order valence-electron chi connectivity index (χ2n) is 8.67. The number of benzene rings is 1. The molecule has 28 heavy (non-hydrogen) atoms. The van der Waals surface area contributed by atoms with Crippen LogP contribution in [-0.4, -0.2) is 60.5 Å². The van der Waals surface area contributed by atoms with E-state index in [2.05, 4.69) is 4.90 Å². The molecular weight excluding hydrogens is 356 g/mol. The van der Waals surface area contributed by atoms with E-state index < -0.39 is 0 Å². The lowest BCUT2D eigenvalue weighted by Gasteiger charge is -2.52. The van der Waals surface area contributed by atoms with Gasteiger partial charge < -0.3 is 19.3 Å². The fourth-order valence-electron chi connectivity index (χ4n) is 5.42. The lowest BCUT2D eigenvalue weighted by molar-refractivity contribution is -0.148. The molecule has 6 nitrogen and oxygen atoms in total. The summed E-state index contributed by atoms with van der Waals surface area (Å²) < 4.78 is 11.4. The zero-order chi connectivity index (χ0) is 19.1. The zero-order valence-electron chi connectivity index (χ0n) is 16.3. The van der Waals surface area contributed by atoms with E-state index in [9.17, 15) is 9.59 Å². The molecule has 1 aromatic rings. The summed E-state index contributed by atoms with van der Waals surface area (Å²) in [6.07, 6.45) is 5.20. The van der Waals surface area contributed by atoms with Crippen LogP contribution in [0.15, 0.2) is 18.2 Å². The Balaban J connectivity index is 1.27. The number of hydrogen-bond acceptors (Lipinski definition) is 4. The molecule has 3 saturated heterocycles. The van der Waals surface area contributed by atoms with Crippen molar-refractivity contribution in [3.63, 3.8) is 0 Å². The highest BCUT2D eigenvalue weighted by molar-refractivity contribution is 5.80. The maximum absolute atomic E-state index is 13.0. The van der Waals surface area contributed by atoms with Gasteiger partial charge in [0.25, 0.3) is 0 Å². The molecule has 2 bridgehead atoms. The molecule has 1 aromatic carbocycles. The Kier molecular flexibility index (Phi) is 4.65. The van der Waals surface area contributed by atoms with Crippen LogP contribution in [0.5, 0.6) is 11.5 Å². The summed E-state index contributed by atoms with van der Waals surface area (Å²) in [5.74, 6) is 2.87. The molecule has 0 spiro atoms. The van der Waals surface area contributed by atoms with Crippen molar-refractivity contribution in [3.05, 3.63) is 23.8 Å². The molecule has 3 atom stereocenters. The van der Waals surface area contributed by atoms with Gasteiger partial charge in [0.05, 0.1) is 19.6 Å². The average molecular weight is 384 g/mol. The van der Waals surface area contributed by atoms with E-state index >= 15 is 0 Å². The van der Waals surface area contributed by atoms with Crippen molar-refractivity contribution in [1.29, 1.82) is 0 Å². The topological polar surface area (TPSA) is 59.1 Å². The monoisotopic (exact) mass is 384 g/mol. The van der Waals surface area contributed by atoms with Crippen LogP contribution in [0.4, 0.5) is 0 Å². The average Bonchev–Trinajstić information content (AvgIpc) is 2.94. The summed E-state index contributed by atoms with van der Waals surface area (Å²) in [5.41, 5.74) is 0.972. The minimum Gasteiger partial charge on any atom is -0.490 e. The van der Waals surface area contributed by atoms with Gasteiger partial charge in [-0.15, -0.1) is 0 Å². The first-order valence-electron chi connectivity index (χ1n) is 10.6. The fraction of sp³-hybridized carbons (Fsp3) is 0.636. The van der Waals surface area contributed by atoms with Crippen molar-refractivity contribution in [2.24, 2.45) is 11.8 Å². The summed E-state index contributed by atoms with van der Waals surface area (Å²) in [5, 5.41) is 0. The number of carbonyl (C=O) groups is 2. The maximum Gasteiger partial charge on any atom is 0.227 e. The third-order valence-corrected chi connectivity index (χ3v) is 6.70. The first-order chi connectivity index (χ1) is 13.7. The van der Waals surface area contributed by atoms with Crippen LogP contribution in [0, 0.1) is 11.8 Å². The van der Waals surface area contributed by atoms with Gasteiger partial charge in [-0.05, 0) is 48.8 Å². The predicted molar refractivity (Wildman–Crippen MR) is 103 cm³/mol. The van der Waals surface area contributed by atoms with Gasteiger partial charge in [-0.25, -0.2) is 0 Å². The van der Waals surface area contributed by atoms with Gasteiger partial charge in [-0.2, -0.15) is 0 Å². The molecule has 6 heteroatoms. The van der Waals surface area contributed by atoms with Crippen molar-refractivity contribution in [2.45, 2.75) is 44.6 Å². The molecular formula is C22H28N2O4. The molecule has 0 aliphatic carbocycles. The molecule has 150 valence electrons. The highest BCUT2D eigenvalue weighted by Crippen LogP contribution is 2.38. The van der Waals surface area contributed by atoms with E-state index in [-0.39, 0.29) is 5.91 Å². The van der Waals surface area contributed by atoms with Gasteiger partial charge in [0.15, 0.2) is 11.5 Å². The number of nitrogens with zero attached hydrogens (tertiary/aromatic N) is 2.